The van der Waals surface area contributed by atoms with E-state index >= 15 is 0 Å². The monoisotopic (exact) mass is 398 g/mol. The summed E-state index contributed by atoms with van der Waals surface area (Å²) in [6.45, 7) is 2.81. The van der Waals surface area contributed by atoms with Gasteiger partial charge in [0, 0.05) is 6.92 Å². The molecule has 2 aromatic rings. The van der Waals surface area contributed by atoms with Crippen LogP contribution in [0.25, 0.3) is 0 Å². The third kappa shape index (κ3) is 5.41. The average molecular weight is 398 g/mol. The van der Waals surface area contributed by atoms with Crippen molar-refractivity contribution in [1.82, 2.24) is 0 Å². The Hall–Kier alpha value is -3.68. The Morgan fingerprint density at radius 2 is 1.55 bits per heavy atom. The Balaban J connectivity index is 2.26. The van der Waals surface area contributed by atoms with Crippen molar-refractivity contribution in [3.63, 3.8) is 0 Å². The van der Waals surface area contributed by atoms with Crippen LogP contribution in [0.3, 0.4) is 0 Å². The molecule has 0 radical (unpaired) electrons. The number of rotatable bonds is 7. The van der Waals surface area contributed by atoms with Crippen molar-refractivity contribution >= 4 is 35.1 Å². The van der Waals surface area contributed by atoms with Crippen molar-refractivity contribution in [3.05, 3.63) is 59.7 Å². The molecule has 2 amide bonds. The number of nitrogens with one attached hydrogen (secondary N) is 1. The molecule has 8 heteroatoms. The van der Waals surface area contributed by atoms with Crippen molar-refractivity contribution in [1.29, 1.82) is 0 Å². The van der Waals surface area contributed by atoms with E-state index in [0.29, 0.717) is 0 Å². The molecule has 0 saturated heterocycles. The molecule has 0 aromatic heterocycles. The molecule has 0 heterocycles. The summed E-state index contributed by atoms with van der Waals surface area (Å²) in [4.78, 5) is 50.0. The van der Waals surface area contributed by atoms with Gasteiger partial charge in [0.2, 0.25) is 11.8 Å². The number of nitrogens with zero attached hydrogens (tertiary/aromatic N) is 1. The maximum atomic E-state index is 12.6. The van der Waals surface area contributed by atoms with Gasteiger partial charge in [0.05, 0.1) is 36.2 Å². The number of hydrogen-bond acceptors (Lipinski definition) is 6. The minimum Gasteiger partial charge on any atom is -0.465 e. The fourth-order valence-corrected chi connectivity index (χ4v) is 2.67. The third-order valence-corrected chi connectivity index (χ3v) is 3.98. The average Bonchev–Trinajstić information content (AvgIpc) is 2.71. The summed E-state index contributed by atoms with van der Waals surface area (Å²) in [5, 5.41) is 2.62. The summed E-state index contributed by atoms with van der Waals surface area (Å²) in [7, 11) is 1.23. The summed E-state index contributed by atoms with van der Waals surface area (Å²) in [6.07, 6.45) is 0. The Kier molecular flexibility index (Phi) is 7.47. The largest absolute Gasteiger partial charge is 0.465 e. The summed E-state index contributed by atoms with van der Waals surface area (Å²) >= 11 is 0. The molecule has 152 valence electrons. The topological polar surface area (TPSA) is 102 Å². The predicted octanol–water partition coefficient (Wildman–Crippen LogP) is 2.64. The lowest BCUT2D eigenvalue weighted by Crippen LogP contribution is -2.37. The normalized spacial score (nSPS) is 10.0. The summed E-state index contributed by atoms with van der Waals surface area (Å²) in [5.41, 5.74) is 0.873. The van der Waals surface area contributed by atoms with Crippen molar-refractivity contribution in [2.75, 3.05) is 30.5 Å². The van der Waals surface area contributed by atoms with E-state index in [1.807, 2.05) is 0 Å². The van der Waals surface area contributed by atoms with Gasteiger partial charge in [-0.2, -0.15) is 0 Å². The molecule has 2 aromatic carbocycles. The molecule has 0 saturated carbocycles. The van der Waals surface area contributed by atoms with E-state index in [0.717, 1.165) is 4.90 Å². The summed E-state index contributed by atoms with van der Waals surface area (Å²) < 4.78 is 9.73. The van der Waals surface area contributed by atoms with Crippen LogP contribution in [-0.4, -0.2) is 44.0 Å². The molecular formula is C21H22N2O6. The van der Waals surface area contributed by atoms with Gasteiger partial charge in [-0.15, -0.1) is 0 Å². The second-order valence-corrected chi connectivity index (χ2v) is 5.93. The molecular weight excluding hydrogens is 376 g/mol. The number of anilines is 2. The van der Waals surface area contributed by atoms with E-state index in [4.69, 9.17) is 9.47 Å². The summed E-state index contributed by atoms with van der Waals surface area (Å²) in [6, 6.07) is 12.7. The lowest BCUT2D eigenvalue weighted by atomic mass is 10.1. The van der Waals surface area contributed by atoms with Gasteiger partial charge in [0.1, 0.15) is 6.54 Å². The van der Waals surface area contributed by atoms with Crippen LogP contribution in [0.1, 0.15) is 34.6 Å². The molecule has 1 N–H and O–H groups in total. The SMILES string of the molecule is CCOC(=O)c1ccccc1NC(=O)CN(C(C)=O)c1ccccc1C(=O)OC. The van der Waals surface area contributed by atoms with Gasteiger partial charge in [-0.25, -0.2) is 9.59 Å². The third-order valence-electron chi connectivity index (χ3n) is 3.98. The van der Waals surface area contributed by atoms with Crippen molar-refractivity contribution in [2.24, 2.45) is 0 Å². The zero-order valence-corrected chi connectivity index (χ0v) is 16.4. The predicted molar refractivity (Wildman–Crippen MR) is 107 cm³/mol. The second kappa shape index (κ2) is 10.0. The Bertz CT molecular complexity index is 925. The quantitative estimate of drug-likeness (QED) is 0.720. The number of carbonyl (C=O) groups excluding carboxylic acids is 4. The van der Waals surface area contributed by atoms with Crippen LogP contribution in [0.4, 0.5) is 11.4 Å². The van der Waals surface area contributed by atoms with Crippen molar-refractivity contribution in [2.45, 2.75) is 13.8 Å². The smallest absolute Gasteiger partial charge is 0.340 e. The number of para-hydroxylation sites is 2. The van der Waals surface area contributed by atoms with Crippen LogP contribution in [0.15, 0.2) is 48.5 Å². The van der Waals surface area contributed by atoms with Gasteiger partial charge in [-0.1, -0.05) is 24.3 Å². The minimum atomic E-state index is -0.625. The maximum Gasteiger partial charge on any atom is 0.340 e. The van der Waals surface area contributed by atoms with E-state index in [1.54, 1.807) is 43.3 Å². The first-order valence-electron chi connectivity index (χ1n) is 8.90. The molecule has 8 nitrogen and oxygen atoms in total. The maximum absolute atomic E-state index is 12.6. The molecule has 0 aliphatic carbocycles. The van der Waals surface area contributed by atoms with E-state index in [2.05, 4.69) is 5.32 Å². The highest BCUT2D eigenvalue weighted by atomic mass is 16.5. The lowest BCUT2D eigenvalue weighted by Gasteiger charge is -2.23. The highest BCUT2D eigenvalue weighted by Crippen LogP contribution is 2.22. The van der Waals surface area contributed by atoms with Gasteiger partial charge in [-0.05, 0) is 31.2 Å². The van der Waals surface area contributed by atoms with E-state index < -0.39 is 23.8 Å². The van der Waals surface area contributed by atoms with E-state index in [9.17, 15) is 19.2 Å². The Labute approximate surface area is 168 Å². The fourth-order valence-electron chi connectivity index (χ4n) is 2.67. The van der Waals surface area contributed by atoms with Gasteiger partial charge in [0.25, 0.3) is 0 Å². The van der Waals surface area contributed by atoms with E-state index in [1.165, 1.54) is 26.2 Å². The number of carbonyl (C=O) groups is 4. The first kappa shape index (κ1) is 21.6. The molecule has 0 fully saturated rings. The van der Waals surface area contributed by atoms with Crippen LogP contribution >= 0.6 is 0 Å². The Morgan fingerprint density at radius 1 is 0.931 bits per heavy atom. The van der Waals surface area contributed by atoms with E-state index in [-0.39, 0.29) is 35.7 Å². The number of ether oxygens (including phenoxy) is 2. The number of benzene rings is 2. The molecule has 0 atom stereocenters. The van der Waals surface area contributed by atoms with Crippen molar-refractivity contribution < 1.29 is 28.7 Å². The molecule has 0 unspecified atom stereocenters. The van der Waals surface area contributed by atoms with Gasteiger partial charge >= 0.3 is 11.9 Å². The zero-order chi connectivity index (χ0) is 21.4. The molecule has 2 rings (SSSR count). The molecule has 0 aliphatic heterocycles. The van der Waals surface area contributed by atoms with Crippen LogP contribution in [0.5, 0.6) is 0 Å². The van der Waals surface area contributed by atoms with Crippen LogP contribution < -0.4 is 10.2 Å². The number of hydrogen-bond donors (Lipinski definition) is 1. The highest BCUT2D eigenvalue weighted by molar-refractivity contribution is 6.07. The molecule has 0 aliphatic rings. The number of methoxy groups -OCH3 is 1. The first-order valence-corrected chi connectivity index (χ1v) is 8.90. The Morgan fingerprint density at radius 3 is 2.17 bits per heavy atom. The summed E-state index contributed by atoms with van der Waals surface area (Å²) in [5.74, 6) is -2.17. The van der Waals surface area contributed by atoms with Crippen LogP contribution in [-0.2, 0) is 19.1 Å². The standard InChI is InChI=1S/C21H22N2O6/c1-4-29-21(27)15-9-5-7-11-17(15)22-19(25)13-23(14(2)24)18-12-8-6-10-16(18)20(26)28-3/h5-12H,4,13H2,1-3H3,(H,22,25). The second-order valence-electron chi connectivity index (χ2n) is 5.93. The number of amides is 2. The lowest BCUT2D eigenvalue weighted by molar-refractivity contribution is -0.120. The van der Waals surface area contributed by atoms with Gasteiger partial charge < -0.3 is 19.7 Å². The number of esters is 2. The molecule has 0 spiro atoms. The minimum absolute atomic E-state index is 0.157. The fraction of sp³-hybridized carbons (Fsp3) is 0.238. The van der Waals surface area contributed by atoms with Crippen LogP contribution in [0.2, 0.25) is 0 Å². The van der Waals surface area contributed by atoms with Gasteiger partial charge in [0.15, 0.2) is 0 Å². The van der Waals surface area contributed by atoms with Crippen molar-refractivity contribution in [3.8, 4) is 0 Å². The zero-order valence-electron chi connectivity index (χ0n) is 16.4. The molecule has 0 bridgehead atoms. The molecule has 29 heavy (non-hydrogen) atoms. The van der Waals surface area contributed by atoms with Gasteiger partial charge in [-0.3, -0.25) is 9.59 Å². The first-order chi connectivity index (χ1) is 13.9. The van der Waals surface area contributed by atoms with Crippen LogP contribution in [0, 0.1) is 0 Å². The highest BCUT2D eigenvalue weighted by Gasteiger charge is 2.23.